The average molecular weight is 365 g/mol. The standard InChI is InChI=1S/C25H50N/c1-2-3-4-5-6-7-8-9-10-11-12-13-14-15-16-17-18-19-20-25-21-23-26-24-22-25/h25-26H,1-24H2. The van der Waals surface area contributed by atoms with Gasteiger partial charge in [0.05, 0.1) is 0 Å². The molecule has 1 fully saturated rings. The van der Waals surface area contributed by atoms with E-state index in [0.717, 1.165) is 12.3 Å². The van der Waals surface area contributed by atoms with Crippen LogP contribution in [0.3, 0.4) is 0 Å². The largest absolute Gasteiger partial charge is 0.317 e. The minimum absolute atomic E-state index is 1.04. The molecule has 0 atom stereocenters. The van der Waals surface area contributed by atoms with E-state index in [-0.39, 0.29) is 0 Å². The molecule has 0 aromatic carbocycles. The quantitative estimate of drug-likeness (QED) is 0.228. The second kappa shape index (κ2) is 19.7. The summed E-state index contributed by atoms with van der Waals surface area (Å²) in [5, 5.41) is 3.47. The van der Waals surface area contributed by atoms with E-state index in [4.69, 9.17) is 0 Å². The van der Waals surface area contributed by atoms with Gasteiger partial charge in [-0.3, -0.25) is 0 Å². The maximum absolute atomic E-state index is 3.91. The van der Waals surface area contributed by atoms with Crippen molar-refractivity contribution in [1.29, 1.82) is 0 Å². The lowest BCUT2D eigenvalue weighted by Crippen LogP contribution is -2.27. The summed E-state index contributed by atoms with van der Waals surface area (Å²) in [6, 6.07) is 0. The number of rotatable bonds is 19. The lowest BCUT2D eigenvalue weighted by Gasteiger charge is -2.22. The van der Waals surface area contributed by atoms with Gasteiger partial charge in [-0.1, -0.05) is 129 Å². The van der Waals surface area contributed by atoms with E-state index in [1.807, 2.05) is 0 Å². The van der Waals surface area contributed by atoms with Gasteiger partial charge in [0.1, 0.15) is 0 Å². The van der Waals surface area contributed by atoms with Crippen molar-refractivity contribution >= 4 is 0 Å². The van der Waals surface area contributed by atoms with Crippen LogP contribution in [0.2, 0.25) is 0 Å². The molecule has 1 radical (unpaired) electrons. The average Bonchev–Trinajstić information content (AvgIpc) is 2.68. The van der Waals surface area contributed by atoms with Crippen molar-refractivity contribution in [3.8, 4) is 0 Å². The molecule has 0 bridgehead atoms. The van der Waals surface area contributed by atoms with Crippen LogP contribution < -0.4 is 5.32 Å². The van der Waals surface area contributed by atoms with Crippen molar-refractivity contribution in [1.82, 2.24) is 5.32 Å². The SMILES string of the molecule is [CH2]CCCCCCCCCCCCCCCCCCCC1CCNCC1. The van der Waals surface area contributed by atoms with Crippen LogP contribution in [0, 0.1) is 12.8 Å². The fourth-order valence-electron chi connectivity index (χ4n) is 4.43. The molecular formula is C25H50N. The van der Waals surface area contributed by atoms with Gasteiger partial charge in [0.15, 0.2) is 0 Å². The highest BCUT2D eigenvalue weighted by molar-refractivity contribution is 4.68. The molecule has 1 N–H and O–H groups in total. The van der Waals surface area contributed by atoms with Gasteiger partial charge in [-0.25, -0.2) is 0 Å². The van der Waals surface area contributed by atoms with E-state index in [1.54, 1.807) is 0 Å². The molecule has 0 unspecified atom stereocenters. The Labute approximate surface area is 166 Å². The Balaban J connectivity index is 1.65. The predicted octanol–water partition coefficient (Wildman–Crippen LogP) is 8.23. The van der Waals surface area contributed by atoms with E-state index >= 15 is 0 Å². The Kier molecular flexibility index (Phi) is 18.2. The van der Waals surface area contributed by atoms with E-state index < -0.39 is 0 Å². The van der Waals surface area contributed by atoms with Crippen molar-refractivity contribution in [3.05, 3.63) is 6.92 Å². The predicted molar refractivity (Wildman–Crippen MR) is 119 cm³/mol. The van der Waals surface area contributed by atoms with Gasteiger partial charge < -0.3 is 5.32 Å². The fraction of sp³-hybridized carbons (Fsp3) is 0.960. The summed E-state index contributed by atoms with van der Waals surface area (Å²) in [4.78, 5) is 0. The second-order valence-corrected chi connectivity index (χ2v) is 8.85. The molecule has 0 aromatic heterocycles. The summed E-state index contributed by atoms with van der Waals surface area (Å²) in [5.74, 6) is 1.04. The molecular weight excluding hydrogens is 314 g/mol. The number of hydrogen-bond donors (Lipinski definition) is 1. The molecule has 26 heavy (non-hydrogen) atoms. The van der Waals surface area contributed by atoms with Crippen LogP contribution >= 0.6 is 0 Å². The first-order chi connectivity index (χ1) is 12.9. The Morgan fingerprint density at radius 3 is 1.23 bits per heavy atom. The molecule has 1 heteroatoms. The minimum atomic E-state index is 1.04. The molecule has 1 nitrogen and oxygen atoms in total. The van der Waals surface area contributed by atoms with Crippen molar-refractivity contribution in [2.45, 2.75) is 135 Å². The summed E-state index contributed by atoms with van der Waals surface area (Å²) in [6.07, 6.45) is 30.4. The zero-order valence-corrected chi connectivity index (χ0v) is 18.0. The zero-order chi connectivity index (χ0) is 18.5. The van der Waals surface area contributed by atoms with Gasteiger partial charge in [-0.05, 0) is 31.8 Å². The fourth-order valence-corrected chi connectivity index (χ4v) is 4.43. The van der Waals surface area contributed by atoms with E-state index in [9.17, 15) is 0 Å². The zero-order valence-electron chi connectivity index (χ0n) is 18.0. The molecule has 1 rings (SSSR count). The molecule has 1 aliphatic rings. The van der Waals surface area contributed by atoms with Crippen molar-refractivity contribution in [3.63, 3.8) is 0 Å². The van der Waals surface area contributed by atoms with Crippen molar-refractivity contribution in [2.75, 3.05) is 13.1 Å². The highest BCUT2D eigenvalue weighted by Crippen LogP contribution is 2.20. The molecule has 1 saturated heterocycles. The Bertz CT molecular complexity index is 257. The summed E-state index contributed by atoms with van der Waals surface area (Å²) < 4.78 is 0. The molecule has 0 aromatic rings. The normalized spacial score (nSPS) is 15.6. The summed E-state index contributed by atoms with van der Waals surface area (Å²) in [7, 11) is 0. The Morgan fingerprint density at radius 2 is 0.846 bits per heavy atom. The Hall–Kier alpha value is -0.0400. The third-order valence-electron chi connectivity index (χ3n) is 6.32. The summed E-state index contributed by atoms with van der Waals surface area (Å²) in [6.45, 7) is 6.44. The van der Waals surface area contributed by atoms with Crippen LogP contribution in [0.5, 0.6) is 0 Å². The summed E-state index contributed by atoms with van der Waals surface area (Å²) in [5.41, 5.74) is 0. The number of unbranched alkanes of at least 4 members (excludes halogenated alkanes) is 17. The highest BCUT2D eigenvalue weighted by Gasteiger charge is 2.11. The highest BCUT2D eigenvalue weighted by atomic mass is 14.9. The molecule has 0 saturated carbocycles. The lowest BCUT2D eigenvalue weighted by atomic mass is 9.92. The monoisotopic (exact) mass is 364 g/mol. The van der Waals surface area contributed by atoms with Crippen LogP contribution in [-0.2, 0) is 0 Å². The minimum Gasteiger partial charge on any atom is -0.317 e. The molecule has 0 spiro atoms. The molecule has 0 aliphatic carbocycles. The molecule has 1 aliphatic heterocycles. The maximum Gasteiger partial charge on any atom is -0.00463 e. The molecule has 155 valence electrons. The van der Waals surface area contributed by atoms with Crippen LogP contribution in [0.15, 0.2) is 0 Å². The number of piperidine rings is 1. The summed E-state index contributed by atoms with van der Waals surface area (Å²) >= 11 is 0. The first-order valence-corrected chi connectivity index (χ1v) is 12.4. The van der Waals surface area contributed by atoms with Gasteiger partial charge in [-0.15, -0.1) is 0 Å². The third-order valence-corrected chi connectivity index (χ3v) is 6.32. The van der Waals surface area contributed by atoms with Gasteiger partial charge >= 0.3 is 0 Å². The number of hydrogen-bond acceptors (Lipinski definition) is 1. The van der Waals surface area contributed by atoms with Gasteiger partial charge in [0, 0.05) is 0 Å². The number of nitrogens with one attached hydrogen (secondary N) is 1. The van der Waals surface area contributed by atoms with Gasteiger partial charge in [0.25, 0.3) is 0 Å². The third kappa shape index (κ3) is 16.2. The van der Waals surface area contributed by atoms with Crippen LogP contribution in [0.25, 0.3) is 0 Å². The molecule has 1 heterocycles. The van der Waals surface area contributed by atoms with E-state index in [2.05, 4.69) is 12.2 Å². The first kappa shape index (κ1) is 24.0. The first-order valence-electron chi connectivity index (χ1n) is 12.4. The second-order valence-electron chi connectivity index (χ2n) is 8.85. The van der Waals surface area contributed by atoms with Crippen molar-refractivity contribution < 1.29 is 0 Å². The Morgan fingerprint density at radius 1 is 0.500 bits per heavy atom. The van der Waals surface area contributed by atoms with Gasteiger partial charge in [0.2, 0.25) is 0 Å². The maximum atomic E-state index is 3.91. The smallest absolute Gasteiger partial charge is 0.00463 e. The van der Waals surface area contributed by atoms with Crippen molar-refractivity contribution in [2.24, 2.45) is 5.92 Å². The van der Waals surface area contributed by atoms with Crippen LogP contribution in [0.1, 0.15) is 135 Å². The van der Waals surface area contributed by atoms with E-state index in [1.165, 1.54) is 142 Å². The van der Waals surface area contributed by atoms with E-state index in [0.29, 0.717) is 0 Å². The van der Waals surface area contributed by atoms with Crippen LogP contribution in [-0.4, -0.2) is 13.1 Å². The topological polar surface area (TPSA) is 12.0 Å². The van der Waals surface area contributed by atoms with Gasteiger partial charge in [-0.2, -0.15) is 0 Å². The molecule has 0 amide bonds. The van der Waals surface area contributed by atoms with Crippen LogP contribution in [0.4, 0.5) is 0 Å². The lowest BCUT2D eigenvalue weighted by molar-refractivity contribution is 0.342.